The van der Waals surface area contributed by atoms with Crippen LogP contribution in [-0.4, -0.2) is 56.5 Å². The zero-order valence-electron chi connectivity index (χ0n) is 14.6. The second kappa shape index (κ2) is 6.97. The number of fused-ring (bicyclic) bond motifs is 1. The first-order chi connectivity index (χ1) is 12.3. The Labute approximate surface area is 150 Å². The molecule has 142 valence electrons. The van der Waals surface area contributed by atoms with Gasteiger partial charge in [-0.05, 0) is 13.3 Å². The highest BCUT2D eigenvalue weighted by Crippen LogP contribution is 2.58. The molecule has 3 aliphatic rings. The minimum absolute atomic E-state index is 0.0250. The van der Waals surface area contributed by atoms with Gasteiger partial charge in [0.15, 0.2) is 0 Å². The van der Waals surface area contributed by atoms with E-state index >= 15 is 0 Å². The third-order valence-corrected chi connectivity index (χ3v) is 5.22. The fourth-order valence-electron chi connectivity index (χ4n) is 4.19. The summed E-state index contributed by atoms with van der Waals surface area (Å²) in [5.41, 5.74) is 0.265. The van der Waals surface area contributed by atoms with E-state index in [1.807, 2.05) is 0 Å². The maximum absolute atomic E-state index is 12.1. The van der Waals surface area contributed by atoms with Crippen LogP contribution in [0.25, 0.3) is 0 Å². The summed E-state index contributed by atoms with van der Waals surface area (Å²) < 4.78 is 20.4. The van der Waals surface area contributed by atoms with Gasteiger partial charge in [-0.15, -0.1) is 0 Å². The predicted molar refractivity (Wildman–Crippen MR) is 84.5 cm³/mol. The van der Waals surface area contributed by atoms with Gasteiger partial charge in [-0.1, -0.05) is 6.58 Å². The van der Waals surface area contributed by atoms with E-state index in [1.54, 1.807) is 0 Å². The number of carbonyl (C=O) groups excluding carboxylic acids is 4. The van der Waals surface area contributed by atoms with E-state index in [1.165, 1.54) is 14.0 Å². The van der Waals surface area contributed by atoms with E-state index in [9.17, 15) is 19.2 Å². The maximum Gasteiger partial charge on any atom is 0.407 e. The number of nitrogens with one attached hydrogen (secondary N) is 1. The number of alkyl carbamates (subject to hydrolysis) is 1. The van der Waals surface area contributed by atoms with Gasteiger partial charge in [-0.25, -0.2) is 9.59 Å². The van der Waals surface area contributed by atoms with Crippen molar-refractivity contribution < 1.29 is 38.1 Å². The van der Waals surface area contributed by atoms with Crippen LogP contribution in [0.3, 0.4) is 0 Å². The van der Waals surface area contributed by atoms with E-state index in [4.69, 9.17) is 18.9 Å². The molecular weight excluding hydrogens is 346 g/mol. The molecule has 1 saturated heterocycles. The van der Waals surface area contributed by atoms with E-state index < -0.39 is 48.0 Å². The van der Waals surface area contributed by atoms with Crippen molar-refractivity contribution in [2.24, 2.45) is 23.7 Å². The van der Waals surface area contributed by atoms with Gasteiger partial charge in [0, 0.05) is 17.4 Å². The molecule has 2 bridgehead atoms. The lowest BCUT2D eigenvalue weighted by Crippen LogP contribution is -2.45. The third kappa shape index (κ3) is 3.02. The van der Waals surface area contributed by atoms with Crippen LogP contribution in [-0.2, 0) is 33.3 Å². The third-order valence-electron chi connectivity index (χ3n) is 5.22. The van der Waals surface area contributed by atoms with Crippen LogP contribution in [0.15, 0.2) is 12.2 Å². The molecule has 1 aliphatic heterocycles. The van der Waals surface area contributed by atoms with Gasteiger partial charge in [0.1, 0.15) is 18.8 Å². The maximum atomic E-state index is 12.1. The number of carbonyl (C=O) groups is 4. The van der Waals surface area contributed by atoms with E-state index in [0.29, 0.717) is 6.42 Å². The van der Waals surface area contributed by atoms with Gasteiger partial charge in [-0.3, -0.25) is 9.59 Å². The van der Waals surface area contributed by atoms with Crippen LogP contribution < -0.4 is 5.32 Å². The quantitative estimate of drug-likeness (QED) is 0.306. The fraction of sp³-hybridized carbons (Fsp3) is 0.647. The Hall–Kier alpha value is -2.58. The van der Waals surface area contributed by atoms with Crippen LogP contribution in [0.5, 0.6) is 0 Å². The zero-order valence-corrected chi connectivity index (χ0v) is 14.6. The molecule has 2 saturated carbocycles. The summed E-state index contributed by atoms with van der Waals surface area (Å²) in [7, 11) is 1.26. The van der Waals surface area contributed by atoms with Crippen molar-refractivity contribution in [3.05, 3.63) is 12.2 Å². The number of methoxy groups -OCH3 is 1. The Morgan fingerprint density at radius 1 is 1.31 bits per heavy atom. The van der Waals surface area contributed by atoms with Gasteiger partial charge in [0.05, 0.1) is 25.5 Å². The molecule has 0 aromatic carbocycles. The minimum Gasteiger partial charge on any atom is -0.469 e. The molecular formula is C17H21NO8. The van der Waals surface area contributed by atoms with Gasteiger partial charge in [0.2, 0.25) is 0 Å². The molecule has 2 aliphatic carbocycles. The predicted octanol–water partition coefficient (Wildman–Crippen LogP) is 0.181. The molecule has 9 nitrogen and oxygen atoms in total. The Morgan fingerprint density at radius 3 is 2.69 bits per heavy atom. The minimum atomic E-state index is -0.725. The second-order valence-corrected chi connectivity index (χ2v) is 6.75. The Kier molecular flexibility index (Phi) is 4.88. The summed E-state index contributed by atoms with van der Waals surface area (Å²) in [6, 6.07) is 0. The van der Waals surface area contributed by atoms with Crippen molar-refractivity contribution in [1.82, 2.24) is 5.32 Å². The number of hydrogen-bond donors (Lipinski definition) is 1. The molecule has 1 N–H and O–H groups in total. The first-order valence-electron chi connectivity index (χ1n) is 8.40. The highest BCUT2D eigenvalue weighted by Gasteiger charge is 2.70. The highest BCUT2D eigenvalue weighted by molar-refractivity contribution is 5.87. The van der Waals surface area contributed by atoms with E-state index in [2.05, 4.69) is 11.9 Å². The topological polar surface area (TPSA) is 117 Å². The molecule has 0 radical (unpaired) electrons. The second-order valence-electron chi connectivity index (χ2n) is 6.75. The van der Waals surface area contributed by atoms with E-state index in [-0.39, 0.29) is 30.6 Å². The number of amides is 1. The van der Waals surface area contributed by atoms with Crippen molar-refractivity contribution in [1.29, 1.82) is 0 Å². The van der Waals surface area contributed by atoms with E-state index in [0.717, 1.165) is 0 Å². The average Bonchev–Trinajstić information content (AvgIpc) is 3.21. The summed E-state index contributed by atoms with van der Waals surface area (Å²) in [5.74, 6) is -3.06. The Balaban J connectivity index is 1.54. The van der Waals surface area contributed by atoms with Crippen molar-refractivity contribution in [2.45, 2.75) is 25.6 Å². The lowest BCUT2D eigenvalue weighted by atomic mass is 9.78. The summed E-state index contributed by atoms with van der Waals surface area (Å²) in [5, 5.41) is 2.47. The lowest BCUT2D eigenvalue weighted by molar-refractivity contribution is -0.153. The molecule has 9 heteroatoms. The van der Waals surface area contributed by atoms with Gasteiger partial charge in [0.25, 0.3) is 0 Å². The van der Waals surface area contributed by atoms with Crippen LogP contribution in [0.4, 0.5) is 4.79 Å². The average molecular weight is 367 g/mol. The van der Waals surface area contributed by atoms with Gasteiger partial charge < -0.3 is 24.3 Å². The summed E-state index contributed by atoms with van der Waals surface area (Å²) in [4.78, 5) is 47.3. The summed E-state index contributed by atoms with van der Waals surface area (Å²) >= 11 is 0. The summed E-state index contributed by atoms with van der Waals surface area (Å²) in [6.45, 7) is 5.01. The molecule has 6 unspecified atom stereocenters. The normalized spacial score (nSPS) is 33.4. The SMILES string of the molecule is C=C(C)C(=O)OCCNC(=O)OC1C2CC3C1OC(=O)C3C2C(=O)OC. The largest absolute Gasteiger partial charge is 0.469 e. The number of ether oxygens (including phenoxy) is 4. The number of hydrogen-bond acceptors (Lipinski definition) is 8. The fourth-order valence-corrected chi connectivity index (χ4v) is 4.19. The van der Waals surface area contributed by atoms with Gasteiger partial charge >= 0.3 is 24.0 Å². The van der Waals surface area contributed by atoms with Crippen LogP contribution in [0.1, 0.15) is 13.3 Å². The Morgan fingerprint density at radius 2 is 2.04 bits per heavy atom. The number of esters is 3. The van der Waals surface area contributed by atoms with Crippen LogP contribution >= 0.6 is 0 Å². The molecule has 0 aromatic rings. The molecule has 3 rings (SSSR count). The molecule has 6 atom stereocenters. The van der Waals surface area contributed by atoms with Crippen molar-refractivity contribution in [3.8, 4) is 0 Å². The molecule has 1 heterocycles. The van der Waals surface area contributed by atoms with Crippen molar-refractivity contribution >= 4 is 24.0 Å². The molecule has 3 fully saturated rings. The first-order valence-corrected chi connectivity index (χ1v) is 8.40. The molecule has 0 spiro atoms. The first kappa shape index (κ1) is 18.2. The molecule has 1 amide bonds. The summed E-state index contributed by atoms with van der Waals surface area (Å²) in [6.07, 6.45) is -1.36. The van der Waals surface area contributed by atoms with Gasteiger partial charge in [-0.2, -0.15) is 0 Å². The number of rotatable bonds is 6. The lowest BCUT2D eigenvalue weighted by Gasteiger charge is -2.29. The highest BCUT2D eigenvalue weighted by atomic mass is 16.6. The van der Waals surface area contributed by atoms with Crippen molar-refractivity contribution in [2.75, 3.05) is 20.3 Å². The zero-order chi connectivity index (χ0) is 19.0. The smallest absolute Gasteiger partial charge is 0.407 e. The monoisotopic (exact) mass is 367 g/mol. The molecule has 26 heavy (non-hydrogen) atoms. The Bertz CT molecular complexity index is 659. The van der Waals surface area contributed by atoms with Crippen molar-refractivity contribution in [3.63, 3.8) is 0 Å². The van der Waals surface area contributed by atoms with Crippen LogP contribution in [0, 0.1) is 23.7 Å². The van der Waals surface area contributed by atoms with Crippen LogP contribution in [0.2, 0.25) is 0 Å². The molecule has 0 aromatic heterocycles. The standard InChI is InChI=1S/C17H21NO8/c1-7(2)14(19)24-5-4-18-17(22)26-13-8-6-9-11(10(8)15(20)23-3)16(21)25-12(9)13/h8-13H,1,4-6H2,2-3H3,(H,18,22).